The molecule has 1 heterocycles. The van der Waals surface area contributed by atoms with E-state index >= 15 is 0 Å². The van der Waals surface area contributed by atoms with Crippen LogP contribution in [-0.4, -0.2) is 5.11 Å². The average molecular weight is 202 g/mol. The summed E-state index contributed by atoms with van der Waals surface area (Å²) >= 11 is 0. The lowest BCUT2D eigenvalue weighted by atomic mass is 10.0. The predicted octanol–water partition coefficient (Wildman–Crippen LogP) is 2.86. The molecule has 0 radical (unpaired) electrons. The highest BCUT2D eigenvalue weighted by molar-refractivity contribution is 5.24. The summed E-state index contributed by atoms with van der Waals surface area (Å²) in [6.45, 7) is 2.03. The molecule has 1 unspecified atom stereocenters. The van der Waals surface area contributed by atoms with Crippen LogP contribution >= 0.6 is 0 Å². The van der Waals surface area contributed by atoms with Gasteiger partial charge in [0.15, 0.2) is 0 Å². The van der Waals surface area contributed by atoms with E-state index in [1.54, 1.807) is 12.5 Å². The Kier molecular flexibility index (Phi) is 2.88. The third kappa shape index (κ3) is 2.48. The van der Waals surface area contributed by atoms with Crippen molar-refractivity contribution in [2.75, 3.05) is 0 Å². The molecule has 0 aliphatic heterocycles. The van der Waals surface area contributed by atoms with Gasteiger partial charge in [0.05, 0.1) is 18.6 Å². The molecule has 1 N–H and O–H groups in total. The van der Waals surface area contributed by atoms with Gasteiger partial charge in [-0.15, -0.1) is 0 Å². The van der Waals surface area contributed by atoms with Crippen molar-refractivity contribution < 1.29 is 9.52 Å². The lowest BCUT2D eigenvalue weighted by Gasteiger charge is -2.09. The molecule has 78 valence electrons. The zero-order valence-corrected chi connectivity index (χ0v) is 8.68. The fraction of sp³-hybridized carbons (Fsp3) is 0.231. The van der Waals surface area contributed by atoms with E-state index in [9.17, 15) is 5.11 Å². The molecule has 1 aromatic carbocycles. The molecule has 0 saturated heterocycles. The van der Waals surface area contributed by atoms with Crippen molar-refractivity contribution in [2.45, 2.75) is 19.4 Å². The van der Waals surface area contributed by atoms with Crippen molar-refractivity contribution >= 4 is 0 Å². The Bertz CT molecular complexity index is 401. The van der Waals surface area contributed by atoms with Crippen LogP contribution in [0.15, 0.2) is 47.3 Å². The molecule has 0 bridgehead atoms. The van der Waals surface area contributed by atoms with Crippen LogP contribution < -0.4 is 0 Å². The second-order valence-corrected chi connectivity index (χ2v) is 3.76. The standard InChI is InChI=1S/C13H14O2/c1-10-2-4-12(5-3-10)13(14)8-11-6-7-15-9-11/h2-7,9,13-14H,8H2,1H3. The SMILES string of the molecule is Cc1ccc(C(O)Cc2ccoc2)cc1. The van der Waals surface area contributed by atoms with E-state index in [4.69, 9.17) is 4.42 Å². The van der Waals surface area contributed by atoms with E-state index in [0.29, 0.717) is 6.42 Å². The maximum atomic E-state index is 9.94. The first-order valence-corrected chi connectivity index (χ1v) is 5.01. The number of hydrogen-bond acceptors (Lipinski definition) is 2. The minimum atomic E-state index is -0.455. The summed E-state index contributed by atoms with van der Waals surface area (Å²) < 4.78 is 4.96. The Morgan fingerprint density at radius 1 is 1.20 bits per heavy atom. The number of furan rings is 1. The van der Waals surface area contributed by atoms with Crippen LogP contribution in [0.5, 0.6) is 0 Å². The summed E-state index contributed by atoms with van der Waals surface area (Å²) in [5.41, 5.74) is 3.17. The zero-order valence-electron chi connectivity index (χ0n) is 8.68. The summed E-state index contributed by atoms with van der Waals surface area (Å²) in [6.07, 6.45) is 3.43. The van der Waals surface area contributed by atoms with Crippen LogP contribution in [0, 0.1) is 6.92 Å². The Morgan fingerprint density at radius 2 is 1.93 bits per heavy atom. The number of aliphatic hydroxyl groups excluding tert-OH is 1. The highest BCUT2D eigenvalue weighted by atomic mass is 16.3. The number of aryl methyl sites for hydroxylation is 1. The van der Waals surface area contributed by atoms with Crippen LogP contribution in [0.3, 0.4) is 0 Å². The summed E-state index contributed by atoms with van der Waals surface area (Å²) in [6, 6.07) is 9.80. The zero-order chi connectivity index (χ0) is 10.7. The third-order valence-corrected chi connectivity index (χ3v) is 2.47. The maximum Gasteiger partial charge on any atom is 0.0935 e. The van der Waals surface area contributed by atoms with Crippen molar-refractivity contribution in [3.63, 3.8) is 0 Å². The molecular formula is C13H14O2. The number of benzene rings is 1. The number of rotatable bonds is 3. The van der Waals surface area contributed by atoms with Gasteiger partial charge in [-0.05, 0) is 24.1 Å². The van der Waals surface area contributed by atoms with E-state index in [-0.39, 0.29) is 0 Å². The second-order valence-electron chi connectivity index (χ2n) is 3.76. The minimum absolute atomic E-state index is 0.455. The molecule has 0 spiro atoms. The normalized spacial score (nSPS) is 12.7. The molecule has 1 aromatic heterocycles. The van der Waals surface area contributed by atoms with Crippen LogP contribution in [0.25, 0.3) is 0 Å². The smallest absolute Gasteiger partial charge is 0.0935 e. The van der Waals surface area contributed by atoms with Gasteiger partial charge in [-0.1, -0.05) is 29.8 Å². The van der Waals surface area contributed by atoms with Gasteiger partial charge in [0.1, 0.15) is 0 Å². The number of hydrogen-bond donors (Lipinski definition) is 1. The monoisotopic (exact) mass is 202 g/mol. The topological polar surface area (TPSA) is 33.4 Å². The van der Waals surface area contributed by atoms with E-state index in [2.05, 4.69) is 0 Å². The Labute approximate surface area is 89.2 Å². The highest BCUT2D eigenvalue weighted by Gasteiger charge is 2.08. The van der Waals surface area contributed by atoms with E-state index in [1.165, 1.54) is 5.56 Å². The lowest BCUT2D eigenvalue weighted by molar-refractivity contribution is 0.178. The quantitative estimate of drug-likeness (QED) is 0.830. The van der Waals surface area contributed by atoms with Crippen molar-refractivity contribution in [2.24, 2.45) is 0 Å². The molecule has 0 fully saturated rings. The van der Waals surface area contributed by atoms with Crippen LogP contribution in [-0.2, 0) is 6.42 Å². The molecule has 2 nitrogen and oxygen atoms in total. The summed E-state index contributed by atoms with van der Waals surface area (Å²) in [5.74, 6) is 0. The molecule has 1 atom stereocenters. The van der Waals surface area contributed by atoms with Gasteiger partial charge in [-0.2, -0.15) is 0 Å². The first-order chi connectivity index (χ1) is 7.25. The van der Waals surface area contributed by atoms with E-state index in [1.807, 2.05) is 37.3 Å². The third-order valence-electron chi connectivity index (χ3n) is 2.47. The summed E-state index contributed by atoms with van der Waals surface area (Å²) in [7, 11) is 0. The molecule has 2 rings (SSSR count). The van der Waals surface area contributed by atoms with Crippen LogP contribution in [0.4, 0.5) is 0 Å². The van der Waals surface area contributed by atoms with Crippen molar-refractivity contribution in [1.82, 2.24) is 0 Å². The highest BCUT2D eigenvalue weighted by Crippen LogP contribution is 2.18. The molecule has 0 amide bonds. The molecule has 0 aliphatic carbocycles. The summed E-state index contributed by atoms with van der Waals surface area (Å²) in [5, 5.41) is 9.94. The van der Waals surface area contributed by atoms with E-state index < -0.39 is 6.10 Å². The summed E-state index contributed by atoms with van der Waals surface area (Å²) in [4.78, 5) is 0. The Hall–Kier alpha value is -1.54. The van der Waals surface area contributed by atoms with Gasteiger partial charge in [0.2, 0.25) is 0 Å². The minimum Gasteiger partial charge on any atom is -0.472 e. The second kappa shape index (κ2) is 4.32. The first kappa shape index (κ1) is 9.99. The maximum absolute atomic E-state index is 9.94. The van der Waals surface area contributed by atoms with Gasteiger partial charge in [-0.3, -0.25) is 0 Å². The van der Waals surface area contributed by atoms with E-state index in [0.717, 1.165) is 11.1 Å². The number of aliphatic hydroxyl groups is 1. The van der Waals surface area contributed by atoms with Gasteiger partial charge in [-0.25, -0.2) is 0 Å². The molecule has 2 aromatic rings. The fourth-order valence-electron chi connectivity index (χ4n) is 1.54. The molecule has 15 heavy (non-hydrogen) atoms. The molecular weight excluding hydrogens is 188 g/mol. The van der Waals surface area contributed by atoms with Crippen molar-refractivity contribution in [1.29, 1.82) is 0 Å². The molecule has 2 heteroatoms. The van der Waals surface area contributed by atoms with Gasteiger partial charge >= 0.3 is 0 Å². The largest absolute Gasteiger partial charge is 0.472 e. The van der Waals surface area contributed by atoms with Gasteiger partial charge < -0.3 is 9.52 Å². The van der Waals surface area contributed by atoms with Gasteiger partial charge in [0, 0.05) is 6.42 Å². The van der Waals surface area contributed by atoms with Crippen molar-refractivity contribution in [3.05, 3.63) is 59.5 Å². The average Bonchev–Trinajstić information content (AvgIpc) is 2.71. The molecule has 0 aliphatic rings. The lowest BCUT2D eigenvalue weighted by Crippen LogP contribution is -2.00. The predicted molar refractivity (Wildman–Crippen MR) is 58.6 cm³/mol. The Balaban J connectivity index is 2.08. The van der Waals surface area contributed by atoms with Crippen LogP contribution in [0.1, 0.15) is 22.8 Å². The molecule has 0 saturated carbocycles. The van der Waals surface area contributed by atoms with Crippen molar-refractivity contribution in [3.8, 4) is 0 Å². The van der Waals surface area contributed by atoms with Gasteiger partial charge in [0.25, 0.3) is 0 Å². The Morgan fingerprint density at radius 3 is 2.53 bits per heavy atom. The van der Waals surface area contributed by atoms with Crippen LogP contribution in [0.2, 0.25) is 0 Å². The fourth-order valence-corrected chi connectivity index (χ4v) is 1.54. The first-order valence-electron chi connectivity index (χ1n) is 5.01.